The van der Waals surface area contributed by atoms with Gasteiger partial charge in [-0.2, -0.15) is 0 Å². The van der Waals surface area contributed by atoms with Crippen LogP contribution < -0.4 is 10.1 Å². The number of hydrogen-bond donors (Lipinski definition) is 1. The molecule has 0 aliphatic carbocycles. The van der Waals surface area contributed by atoms with E-state index in [1.165, 1.54) is 7.11 Å². The molecule has 23 heavy (non-hydrogen) atoms. The van der Waals surface area contributed by atoms with Gasteiger partial charge in [0.15, 0.2) is 6.61 Å². The standard InChI is InChI=1S/C17H16BrNO4/c1-11-9-14(23-10-16(20)22-2)7-8-15(11)19-17(21)12-3-5-13(18)6-4-12/h3-9H,10H2,1-2H3,(H,19,21). The van der Waals surface area contributed by atoms with Crippen LogP contribution in [0.5, 0.6) is 5.75 Å². The number of anilines is 1. The van der Waals surface area contributed by atoms with Crippen molar-refractivity contribution in [2.75, 3.05) is 19.0 Å². The molecule has 0 unspecified atom stereocenters. The molecule has 0 fully saturated rings. The van der Waals surface area contributed by atoms with Crippen LogP contribution >= 0.6 is 15.9 Å². The second-order valence-electron chi connectivity index (χ2n) is 4.80. The number of benzene rings is 2. The van der Waals surface area contributed by atoms with E-state index in [2.05, 4.69) is 26.0 Å². The highest BCUT2D eigenvalue weighted by atomic mass is 79.9. The number of carbonyl (C=O) groups is 2. The van der Waals surface area contributed by atoms with Gasteiger partial charge in [0.1, 0.15) is 5.75 Å². The summed E-state index contributed by atoms with van der Waals surface area (Å²) < 4.78 is 10.7. The lowest BCUT2D eigenvalue weighted by atomic mass is 10.1. The van der Waals surface area contributed by atoms with Crippen LogP contribution in [0.25, 0.3) is 0 Å². The van der Waals surface area contributed by atoms with Gasteiger partial charge in [-0.05, 0) is 55.0 Å². The van der Waals surface area contributed by atoms with Crippen LogP contribution in [0, 0.1) is 6.92 Å². The maximum absolute atomic E-state index is 12.2. The van der Waals surface area contributed by atoms with Gasteiger partial charge in [0, 0.05) is 15.7 Å². The number of esters is 1. The first-order chi connectivity index (χ1) is 11.0. The zero-order valence-electron chi connectivity index (χ0n) is 12.8. The number of amides is 1. The van der Waals surface area contributed by atoms with Crippen LogP contribution in [-0.4, -0.2) is 25.6 Å². The molecule has 6 heteroatoms. The minimum atomic E-state index is -0.449. The summed E-state index contributed by atoms with van der Waals surface area (Å²) in [6.07, 6.45) is 0. The number of aryl methyl sites for hydroxylation is 1. The first-order valence-electron chi connectivity index (χ1n) is 6.87. The lowest BCUT2D eigenvalue weighted by Gasteiger charge is -2.11. The molecule has 0 radical (unpaired) electrons. The van der Waals surface area contributed by atoms with E-state index in [1.807, 2.05) is 19.1 Å². The molecular formula is C17H16BrNO4. The summed E-state index contributed by atoms with van der Waals surface area (Å²) in [4.78, 5) is 23.3. The molecule has 0 spiro atoms. The number of methoxy groups -OCH3 is 1. The van der Waals surface area contributed by atoms with Crippen LogP contribution in [0.15, 0.2) is 46.9 Å². The summed E-state index contributed by atoms with van der Waals surface area (Å²) in [5.74, 6) is -0.103. The van der Waals surface area contributed by atoms with Crippen molar-refractivity contribution in [3.63, 3.8) is 0 Å². The van der Waals surface area contributed by atoms with Crippen molar-refractivity contribution in [3.05, 3.63) is 58.1 Å². The van der Waals surface area contributed by atoms with Crippen molar-refractivity contribution in [2.24, 2.45) is 0 Å². The predicted octanol–water partition coefficient (Wildman–Crippen LogP) is 3.56. The van der Waals surface area contributed by atoms with Gasteiger partial charge in [0.05, 0.1) is 7.11 Å². The van der Waals surface area contributed by atoms with Crippen molar-refractivity contribution < 1.29 is 19.1 Å². The highest BCUT2D eigenvalue weighted by Crippen LogP contribution is 2.22. The normalized spacial score (nSPS) is 10.0. The van der Waals surface area contributed by atoms with Crippen LogP contribution in [0.2, 0.25) is 0 Å². The van der Waals surface area contributed by atoms with E-state index in [0.717, 1.165) is 10.0 Å². The summed E-state index contributed by atoms with van der Waals surface area (Å²) in [6.45, 7) is 1.70. The van der Waals surface area contributed by atoms with Crippen molar-refractivity contribution in [2.45, 2.75) is 6.92 Å². The van der Waals surface area contributed by atoms with Gasteiger partial charge in [-0.15, -0.1) is 0 Å². The van der Waals surface area contributed by atoms with Crippen molar-refractivity contribution in [1.29, 1.82) is 0 Å². The number of ether oxygens (including phenoxy) is 2. The zero-order valence-corrected chi connectivity index (χ0v) is 14.3. The third-order valence-corrected chi connectivity index (χ3v) is 3.67. The molecule has 1 amide bonds. The summed E-state index contributed by atoms with van der Waals surface area (Å²) in [5, 5.41) is 2.85. The minimum absolute atomic E-state index is 0.152. The van der Waals surface area contributed by atoms with Gasteiger partial charge in [-0.1, -0.05) is 15.9 Å². The third-order valence-electron chi connectivity index (χ3n) is 3.14. The molecule has 2 rings (SSSR count). The molecule has 0 aliphatic heterocycles. The molecule has 5 nitrogen and oxygen atoms in total. The number of rotatable bonds is 5. The Morgan fingerprint density at radius 2 is 1.83 bits per heavy atom. The van der Waals surface area contributed by atoms with Crippen molar-refractivity contribution in [1.82, 2.24) is 0 Å². The molecule has 0 bridgehead atoms. The van der Waals surface area contributed by atoms with Crippen LogP contribution in [-0.2, 0) is 9.53 Å². The van der Waals surface area contributed by atoms with Crippen molar-refractivity contribution >= 4 is 33.5 Å². The van der Waals surface area contributed by atoms with E-state index in [9.17, 15) is 9.59 Å². The fourth-order valence-electron chi connectivity index (χ4n) is 1.86. The lowest BCUT2D eigenvalue weighted by molar-refractivity contribution is -0.142. The van der Waals surface area contributed by atoms with E-state index in [0.29, 0.717) is 17.0 Å². The number of hydrogen-bond acceptors (Lipinski definition) is 4. The highest BCUT2D eigenvalue weighted by Gasteiger charge is 2.09. The lowest BCUT2D eigenvalue weighted by Crippen LogP contribution is -2.14. The molecule has 0 saturated heterocycles. The molecular weight excluding hydrogens is 362 g/mol. The minimum Gasteiger partial charge on any atom is -0.482 e. The summed E-state index contributed by atoms with van der Waals surface area (Å²) in [7, 11) is 1.30. The van der Waals surface area contributed by atoms with E-state index in [4.69, 9.17) is 4.74 Å². The van der Waals surface area contributed by atoms with Gasteiger partial charge in [-0.25, -0.2) is 4.79 Å². The molecule has 2 aromatic carbocycles. The van der Waals surface area contributed by atoms with Gasteiger partial charge in [0.2, 0.25) is 0 Å². The van der Waals surface area contributed by atoms with Crippen molar-refractivity contribution in [3.8, 4) is 5.75 Å². The average Bonchev–Trinajstić information content (AvgIpc) is 2.55. The van der Waals surface area contributed by atoms with E-state index in [1.54, 1.807) is 30.3 Å². The molecule has 0 saturated carbocycles. The Morgan fingerprint density at radius 3 is 2.43 bits per heavy atom. The Bertz CT molecular complexity index is 713. The van der Waals surface area contributed by atoms with E-state index >= 15 is 0 Å². The maximum atomic E-state index is 12.2. The fourth-order valence-corrected chi connectivity index (χ4v) is 2.13. The van der Waals surface area contributed by atoms with Gasteiger partial charge in [0.25, 0.3) is 5.91 Å². The number of carbonyl (C=O) groups excluding carboxylic acids is 2. The summed E-state index contributed by atoms with van der Waals surface area (Å²) in [6, 6.07) is 12.3. The Labute approximate surface area is 142 Å². The Hall–Kier alpha value is -2.34. The summed E-state index contributed by atoms with van der Waals surface area (Å²) >= 11 is 3.33. The monoisotopic (exact) mass is 377 g/mol. The quantitative estimate of drug-likeness (QED) is 0.809. The highest BCUT2D eigenvalue weighted by molar-refractivity contribution is 9.10. The molecule has 0 aromatic heterocycles. The Morgan fingerprint density at radius 1 is 1.13 bits per heavy atom. The maximum Gasteiger partial charge on any atom is 0.343 e. The SMILES string of the molecule is COC(=O)COc1ccc(NC(=O)c2ccc(Br)cc2)c(C)c1. The van der Waals surface area contributed by atoms with E-state index in [-0.39, 0.29) is 12.5 Å². The van der Waals surface area contributed by atoms with Crippen LogP contribution in [0.3, 0.4) is 0 Å². The second-order valence-corrected chi connectivity index (χ2v) is 5.72. The molecule has 120 valence electrons. The molecule has 0 aliphatic rings. The van der Waals surface area contributed by atoms with Gasteiger partial charge in [-0.3, -0.25) is 4.79 Å². The first-order valence-corrected chi connectivity index (χ1v) is 7.66. The van der Waals surface area contributed by atoms with Gasteiger partial charge >= 0.3 is 5.97 Å². The third kappa shape index (κ3) is 4.82. The largest absolute Gasteiger partial charge is 0.482 e. The Balaban J connectivity index is 2.04. The summed E-state index contributed by atoms with van der Waals surface area (Å²) in [5.41, 5.74) is 2.08. The number of halogens is 1. The molecule has 2 aromatic rings. The van der Waals surface area contributed by atoms with Crippen LogP contribution in [0.4, 0.5) is 5.69 Å². The molecule has 0 atom stereocenters. The molecule has 0 heterocycles. The average molecular weight is 378 g/mol. The van der Waals surface area contributed by atoms with E-state index < -0.39 is 5.97 Å². The van der Waals surface area contributed by atoms with Crippen LogP contribution in [0.1, 0.15) is 15.9 Å². The zero-order chi connectivity index (χ0) is 16.8. The molecule has 1 N–H and O–H groups in total. The topological polar surface area (TPSA) is 64.6 Å². The second kappa shape index (κ2) is 7.78. The smallest absolute Gasteiger partial charge is 0.343 e. The van der Waals surface area contributed by atoms with Gasteiger partial charge < -0.3 is 14.8 Å². The first kappa shape index (κ1) is 17.0. The fraction of sp³-hybridized carbons (Fsp3) is 0.176. The number of nitrogens with one attached hydrogen (secondary N) is 1. The Kier molecular flexibility index (Phi) is 5.76. The predicted molar refractivity (Wildman–Crippen MR) is 90.8 cm³/mol.